The van der Waals surface area contributed by atoms with Gasteiger partial charge >= 0.3 is 5.97 Å². The van der Waals surface area contributed by atoms with Gasteiger partial charge < -0.3 is 45.6 Å². The molecule has 6 aromatic carbocycles. The lowest BCUT2D eigenvalue weighted by Gasteiger charge is -2.28. The largest absolute Gasteiger partial charge is 0.489 e. The zero-order valence-electron chi connectivity index (χ0n) is 42.3. The first kappa shape index (κ1) is 59.8. The zero-order chi connectivity index (χ0) is 54.6. The normalized spacial score (nSPS) is 16.7. The summed E-state index contributed by atoms with van der Waals surface area (Å²) in [6.07, 6.45) is 7.58. The number of carbonyl (C=O) groups is 4. The minimum Gasteiger partial charge on any atom is -0.489 e. The van der Waals surface area contributed by atoms with Crippen molar-refractivity contribution in [2.24, 2.45) is 5.73 Å². The van der Waals surface area contributed by atoms with Crippen LogP contribution in [-0.2, 0) is 9.59 Å². The Bertz CT molecular complexity index is 2960. The highest BCUT2D eigenvalue weighted by atomic mass is 35.5. The summed E-state index contributed by atoms with van der Waals surface area (Å²) < 4.78 is 11.5. The van der Waals surface area contributed by atoms with Gasteiger partial charge in [0.25, 0.3) is 11.7 Å². The van der Waals surface area contributed by atoms with Crippen LogP contribution >= 0.6 is 46.4 Å². The fourth-order valence-corrected chi connectivity index (χ4v) is 9.75. The Kier molecular flexibility index (Phi) is 21.7. The number of ether oxygens (including phenoxy) is 2. The quantitative estimate of drug-likeness (QED) is 0.0381. The molecule has 2 heterocycles. The summed E-state index contributed by atoms with van der Waals surface area (Å²) in [5.41, 5.74) is 11.6. The molecule has 0 radical (unpaired) electrons. The second kappa shape index (κ2) is 28.3. The van der Waals surface area contributed by atoms with Crippen molar-refractivity contribution in [1.82, 2.24) is 15.1 Å². The van der Waals surface area contributed by atoms with E-state index in [2.05, 4.69) is 15.1 Å². The summed E-state index contributed by atoms with van der Waals surface area (Å²) in [5.74, 6) is -2.48. The van der Waals surface area contributed by atoms with Crippen molar-refractivity contribution in [3.8, 4) is 33.8 Å². The number of hydrogen-bond donors (Lipinski definition) is 5. The fourth-order valence-electron chi connectivity index (χ4n) is 9.04. The summed E-state index contributed by atoms with van der Waals surface area (Å²) in [5, 5.41) is 35.3. The molecular formula is C61H66Cl4N4O9. The van der Waals surface area contributed by atoms with E-state index >= 15 is 0 Å². The number of hydrogen-bond acceptors (Lipinski definition) is 11. The Morgan fingerprint density at radius 1 is 0.538 bits per heavy atom. The van der Waals surface area contributed by atoms with Crippen molar-refractivity contribution in [2.75, 3.05) is 39.3 Å². The number of halogens is 4. The van der Waals surface area contributed by atoms with Gasteiger partial charge in [-0.15, -0.1) is 0 Å². The van der Waals surface area contributed by atoms with Gasteiger partial charge in [0.1, 0.15) is 17.6 Å². The van der Waals surface area contributed by atoms with Crippen molar-refractivity contribution in [3.63, 3.8) is 0 Å². The number of aliphatic hydroxyl groups excluding tert-OH is 2. The van der Waals surface area contributed by atoms with Crippen LogP contribution in [-0.4, -0.2) is 112 Å². The summed E-state index contributed by atoms with van der Waals surface area (Å²) in [4.78, 5) is 52.3. The van der Waals surface area contributed by atoms with E-state index in [0.717, 1.165) is 99.1 Å². The maximum Gasteiger partial charge on any atom is 0.377 e. The van der Waals surface area contributed by atoms with Crippen LogP contribution in [0.15, 0.2) is 133 Å². The second-order valence-electron chi connectivity index (χ2n) is 19.8. The molecule has 17 heteroatoms. The van der Waals surface area contributed by atoms with E-state index in [-0.39, 0.29) is 30.7 Å². The molecule has 2 saturated carbocycles. The van der Waals surface area contributed by atoms with Gasteiger partial charge in [0, 0.05) is 40.3 Å². The number of aliphatic hydroxyl groups is 2. The maximum absolute atomic E-state index is 13.1. The SMILES string of the molecule is C.N[C@H](CN1CCCC1)[C@H](O)c1ccc(OC2CC2)c(Cl)c1.O=C(N[C@H](CN1CCCC1)[C@H](O)c1ccc(OC2CC2)c(Cl)c1)C(=O)c1ccc(-c2ccc(Cl)cc2)cc1.O=C(O)C(=O)c1ccc(-c2ccc(Cl)cc2)cc1. The number of nitrogens with two attached hydrogens (primary N) is 1. The van der Waals surface area contributed by atoms with E-state index in [4.69, 9.17) is 66.7 Å². The third-order valence-corrected chi connectivity index (χ3v) is 14.8. The average Bonchev–Trinajstić information content (AvgIpc) is 4.34. The van der Waals surface area contributed by atoms with Crippen LogP contribution in [0, 0.1) is 0 Å². The molecule has 0 aromatic heterocycles. The van der Waals surface area contributed by atoms with Gasteiger partial charge in [-0.2, -0.15) is 0 Å². The molecule has 10 rings (SSSR count). The molecule has 4 atom stereocenters. The van der Waals surface area contributed by atoms with E-state index in [0.29, 0.717) is 49.8 Å². The monoisotopic (exact) mass is 1140 g/mol. The Morgan fingerprint density at radius 3 is 1.29 bits per heavy atom. The highest BCUT2D eigenvalue weighted by molar-refractivity contribution is 6.43. The Morgan fingerprint density at radius 2 is 0.910 bits per heavy atom. The Hall–Kier alpha value is -5.84. The van der Waals surface area contributed by atoms with Crippen LogP contribution in [0.2, 0.25) is 20.1 Å². The number of benzene rings is 6. The smallest absolute Gasteiger partial charge is 0.377 e. The van der Waals surface area contributed by atoms with Crippen molar-refractivity contribution in [3.05, 3.63) is 176 Å². The van der Waals surface area contributed by atoms with Crippen LogP contribution in [0.25, 0.3) is 22.3 Å². The van der Waals surface area contributed by atoms with Crippen molar-refractivity contribution >= 4 is 69.8 Å². The predicted molar refractivity (Wildman–Crippen MR) is 308 cm³/mol. The molecule has 0 spiro atoms. The molecule has 6 N–H and O–H groups in total. The summed E-state index contributed by atoms with van der Waals surface area (Å²) in [6.45, 7) is 5.07. The van der Waals surface area contributed by atoms with E-state index in [1.54, 1.807) is 84.9 Å². The number of ketones is 2. The molecule has 0 unspecified atom stereocenters. The fraction of sp³-hybridized carbons (Fsp3) is 0.344. The van der Waals surface area contributed by atoms with Gasteiger partial charge in [0.05, 0.1) is 34.4 Å². The number of carboxylic acids is 1. The molecule has 412 valence electrons. The zero-order valence-corrected chi connectivity index (χ0v) is 45.4. The summed E-state index contributed by atoms with van der Waals surface area (Å²) in [6, 6.07) is 37.6. The lowest BCUT2D eigenvalue weighted by atomic mass is 10.00. The first-order valence-corrected chi connectivity index (χ1v) is 27.4. The summed E-state index contributed by atoms with van der Waals surface area (Å²) >= 11 is 24.4. The van der Waals surface area contributed by atoms with Gasteiger partial charge in [-0.1, -0.05) is 139 Å². The molecule has 4 fully saturated rings. The number of Topliss-reactive ketones (excluding diaryl/α,β-unsaturated/α-hetero) is 2. The first-order valence-electron chi connectivity index (χ1n) is 25.9. The predicted octanol–water partition coefficient (Wildman–Crippen LogP) is 11.9. The lowest BCUT2D eigenvalue weighted by Crippen LogP contribution is -2.48. The molecule has 2 saturated heterocycles. The number of aliphatic carboxylic acids is 1. The molecule has 2 aliphatic carbocycles. The number of carboxylic acid groups (broad SMARTS) is 1. The van der Waals surface area contributed by atoms with Gasteiger partial charge in [-0.3, -0.25) is 14.4 Å². The molecular weight excluding hydrogens is 1070 g/mol. The molecule has 1 amide bonds. The van der Waals surface area contributed by atoms with Crippen molar-refractivity contribution in [2.45, 2.75) is 95.3 Å². The minimum atomic E-state index is -1.45. The third-order valence-electron chi connectivity index (χ3n) is 13.7. The average molecular weight is 1140 g/mol. The first-order chi connectivity index (χ1) is 37.1. The van der Waals surface area contributed by atoms with E-state index in [1.165, 1.54) is 25.0 Å². The number of rotatable bonds is 19. The minimum absolute atomic E-state index is 0. The number of likely N-dealkylation sites (tertiary alicyclic amines) is 2. The molecule has 78 heavy (non-hydrogen) atoms. The van der Waals surface area contributed by atoms with Crippen LogP contribution < -0.4 is 20.5 Å². The van der Waals surface area contributed by atoms with Crippen molar-refractivity contribution < 1.29 is 44.0 Å². The van der Waals surface area contributed by atoms with E-state index in [9.17, 15) is 29.4 Å². The number of amides is 1. The van der Waals surface area contributed by atoms with Gasteiger partial charge in [-0.05, 0) is 159 Å². The van der Waals surface area contributed by atoms with Crippen LogP contribution in [0.1, 0.15) is 103 Å². The third kappa shape index (κ3) is 17.1. The van der Waals surface area contributed by atoms with Gasteiger partial charge in [0.2, 0.25) is 5.78 Å². The van der Waals surface area contributed by atoms with Gasteiger partial charge in [-0.25, -0.2) is 4.79 Å². The second-order valence-corrected chi connectivity index (χ2v) is 21.5. The highest BCUT2D eigenvalue weighted by Crippen LogP contribution is 2.36. The molecule has 0 bridgehead atoms. The lowest BCUT2D eigenvalue weighted by molar-refractivity contribution is -0.131. The summed E-state index contributed by atoms with van der Waals surface area (Å²) in [7, 11) is 0. The maximum atomic E-state index is 13.1. The standard InChI is InChI=1S/C30H30Cl2N2O4.C16H23ClN2O2.C14H9ClO3.CH4/c31-23-10-7-20(8-11-23)19-3-5-21(6-4-19)29(36)30(37)33-26(18-34-15-1-2-16-34)28(35)22-9-14-27(25(32)17-22)38-24-12-13-24;17-13-9-11(3-6-15(13)21-12-4-5-12)16(20)14(18)10-19-7-1-2-8-19;15-12-7-5-10(6-8-12)9-1-3-11(4-2-9)13(16)14(17)18;/h3-11,14,17,24,26,28,35H,1-2,12-13,15-16,18H2,(H,33,37);3,6,9,12,14,16,20H,1-2,4-5,7-8,10,18H2;1-8H,(H,17,18);1H4/t26-,28-;14-,16-;;/m11../s1. The molecule has 2 aliphatic heterocycles. The van der Waals surface area contributed by atoms with E-state index in [1.807, 2.05) is 36.4 Å². The van der Waals surface area contributed by atoms with Crippen molar-refractivity contribution in [1.29, 1.82) is 0 Å². The van der Waals surface area contributed by atoms with E-state index < -0.39 is 41.7 Å². The highest BCUT2D eigenvalue weighted by Gasteiger charge is 2.31. The topological polar surface area (TPSA) is 192 Å². The number of nitrogens with zero attached hydrogens (tertiary/aromatic N) is 2. The van der Waals surface area contributed by atoms with Crippen LogP contribution in [0.4, 0.5) is 0 Å². The Labute approximate surface area is 476 Å². The Balaban J connectivity index is 0.000000186. The van der Waals surface area contributed by atoms with Gasteiger partial charge in [0.15, 0.2) is 0 Å². The number of carbonyl (C=O) groups excluding carboxylic acids is 3. The van der Waals surface area contributed by atoms with Crippen LogP contribution in [0.5, 0.6) is 11.5 Å². The molecule has 13 nitrogen and oxygen atoms in total. The molecule has 6 aromatic rings. The molecule has 4 aliphatic rings. The number of nitrogens with one attached hydrogen (secondary N) is 1. The van der Waals surface area contributed by atoms with Crippen LogP contribution in [0.3, 0.4) is 0 Å².